The Morgan fingerprint density at radius 3 is 2.33 bits per heavy atom. The molecule has 0 spiro atoms. The van der Waals surface area contributed by atoms with Crippen molar-refractivity contribution in [2.24, 2.45) is 0 Å². The second-order valence-electron chi connectivity index (χ2n) is 7.94. The summed E-state index contributed by atoms with van der Waals surface area (Å²) in [7, 11) is -1.41. The molecule has 1 saturated carbocycles. The summed E-state index contributed by atoms with van der Waals surface area (Å²) >= 11 is 0. The van der Waals surface area contributed by atoms with Crippen LogP contribution in [0, 0.1) is 5.82 Å². The lowest BCUT2D eigenvalue weighted by Crippen LogP contribution is -2.04. The van der Waals surface area contributed by atoms with E-state index in [-0.39, 0.29) is 5.82 Å². The van der Waals surface area contributed by atoms with Gasteiger partial charge in [-0.3, -0.25) is 0 Å². The van der Waals surface area contributed by atoms with Crippen LogP contribution >= 0.6 is 0 Å². The van der Waals surface area contributed by atoms with Crippen molar-refractivity contribution in [3.05, 3.63) is 84.2 Å². The average molecular weight is 419 g/mol. The molecule has 0 amide bonds. The van der Waals surface area contributed by atoms with Crippen molar-refractivity contribution < 1.29 is 13.0 Å². The van der Waals surface area contributed by atoms with Gasteiger partial charge in [-0.2, -0.15) is 0 Å². The average Bonchev–Trinajstić information content (AvgIpc) is 3.19. The van der Waals surface area contributed by atoms with E-state index >= 15 is 0 Å². The van der Waals surface area contributed by atoms with Gasteiger partial charge in [-0.15, -0.1) is 0 Å². The topological polar surface area (TPSA) is 30.2 Å². The predicted octanol–water partition coefficient (Wildman–Crippen LogP) is 7.45. The van der Waals surface area contributed by atoms with E-state index in [0.29, 0.717) is 22.2 Å². The molecule has 4 aromatic rings. The van der Waals surface area contributed by atoms with Gasteiger partial charge in [0.15, 0.2) is 5.76 Å². The molecule has 1 heterocycles. The van der Waals surface area contributed by atoms with E-state index in [1.54, 1.807) is 12.1 Å². The Morgan fingerprint density at radius 2 is 1.60 bits per heavy atom. The Bertz CT molecular complexity index is 1190. The maximum atomic E-state index is 13.6. The number of fused-ring (bicyclic) bond motifs is 1. The van der Waals surface area contributed by atoms with Crippen LogP contribution in [0.25, 0.3) is 22.3 Å². The normalized spacial score (nSPS) is 16.0. The third-order valence-corrected chi connectivity index (χ3v) is 7.47. The van der Waals surface area contributed by atoms with Crippen LogP contribution in [0.5, 0.6) is 0 Å². The minimum atomic E-state index is -1.41. The smallest absolute Gasteiger partial charge is 0.151 e. The molecule has 0 N–H and O–H groups in total. The van der Waals surface area contributed by atoms with Crippen molar-refractivity contribution in [1.82, 2.24) is 0 Å². The van der Waals surface area contributed by atoms with Crippen molar-refractivity contribution in [2.75, 3.05) is 0 Å². The molecule has 3 aromatic carbocycles. The number of hydrogen-bond donors (Lipinski definition) is 0. The molecule has 1 aromatic heterocycles. The summed E-state index contributed by atoms with van der Waals surface area (Å²) < 4.78 is 33.3. The van der Waals surface area contributed by atoms with Gasteiger partial charge in [0, 0.05) is 15.8 Å². The van der Waals surface area contributed by atoms with Gasteiger partial charge in [-0.1, -0.05) is 43.5 Å². The molecule has 1 atom stereocenters. The molecular formula is C26H23FO2S. The van der Waals surface area contributed by atoms with Crippen LogP contribution in [0.4, 0.5) is 4.39 Å². The third-order valence-electron chi connectivity index (χ3n) is 5.99. The van der Waals surface area contributed by atoms with Crippen molar-refractivity contribution >= 4 is 21.8 Å². The second-order valence-corrected chi connectivity index (χ2v) is 9.36. The number of rotatable bonds is 4. The van der Waals surface area contributed by atoms with Crippen LogP contribution in [0.2, 0.25) is 0 Å². The molecule has 1 fully saturated rings. The van der Waals surface area contributed by atoms with E-state index in [0.717, 1.165) is 15.8 Å². The van der Waals surface area contributed by atoms with E-state index in [1.165, 1.54) is 49.8 Å². The van der Waals surface area contributed by atoms with Gasteiger partial charge in [0.05, 0.1) is 15.7 Å². The van der Waals surface area contributed by atoms with Gasteiger partial charge in [0.1, 0.15) is 11.4 Å². The molecule has 0 aliphatic heterocycles. The summed E-state index contributed by atoms with van der Waals surface area (Å²) in [5.41, 5.74) is 2.74. The molecule has 0 radical (unpaired) electrons. The number of halogens is 1. The van der Waals surface area contributed by atoms with E-state index < -0.39 is 10.8 Å². The minimum Gasteiger partial charge on any atom is -0.455 e. The summed E-state index contributed by atoms with van der Waals surface area (Å²) in [6.45, 7) is 0. The van der Waals surface area contributed by atoms with Crippen LogP contribution in [0.3, 0.4) is 0 Å². The molecule has 1 aliphatic carbocycles. The fraction of sp³-hybridized carbons (Fsp3) is 0.231. The van der Waals surface area contributed by atoms with E-state index in [4.69, 9.17) is 4.42 Å². The zero-order valence-electron chi connectivity index (χ0n) is 16.6. The summed E-state index contributed by atoms with van der Waals surface area (Å²) in [5.74, 6) is 0.790. The predicted molar refractivity (Wildman–Crippen MR) is 119 cm³/mol. The Morgan fingerprint density at radius 1 is 0.867 bits per heavy atom. The Hall–Kier alpha value is -2.72. The van der Waals surface area contributed by atoms with E-state index in [2.05, 4.69) is 12.1 Å². The highest BCUT2D eigenvalue weighted by atomic mass is 32.2. The fourth-order valence-electron chi connectivity index (χ4n) is 4.42. The maximum absolute atomic E-state index is 13.6. The lowest BCUT2D eigenvalue weighted by Gasteiger charge is -2.21. The van der Waals surface area contributed by atoms with Crippen LogP contribution < -0.4 is 0 Å². The SMILES string of the molecule is O=[S@@](c1ccccc1)c1c(-c2ccc(F)cc2)oc2ccc(C3CCCCC3)cc12. The van der Waals surface area contributed by atoms with Crippen LogP contribution in [-0.4, -0.2) is 4.21 Å². The summed E-state index contributed by atoms with van der Waals surface area (Å²) in [5, 5.41) is 0.889. The molecule has 152 valence electrons. The highest BCUT2D eigenvalue weighted by Crippen LogP contribution is 2.41. The summed E-state index contributed by atoms with van der Waals surface area (Å²) in [6, 6.07) is 21.9. The van der Waals surface area contributed by atoms with E-state index in [9.17, 15) is 8.60 Å². The standard InChI is InChI=1S/C26H23FO2S/c27-21-14-11-19(12-15-21)25-26(30(28)22-9-5-2-6-10-22)23-17-20(13-16-24(23)29-25)18-7-3-1-4-8-18/h2,5-6,9-18H,1,3-4,7-8H2/t30-/m0/s1. The van der Waals surface area contributed by atoms with Crippen molar-refractivity contribution in [2.45, 2.75) is 47.8 Å². The molecule has 30 heavy (non-hydrogen) atoms. The summed E-state index contributed by atoms with van der Waals surface area (Å²) in [6.07, 6.45) is 6.23. The maximum Gasteiger partial charge on any atom is 0.151 e. The van der Waals surface area contributed by atoms with Gasteiger partial charge in [0.25, 0.3) is 0 Å². The van der Waals surface area contributed by atoms with Gasteiger partial charge in [-0.25, -0.2) is 8.60 Å². The molecule has 1 aliphatic rings. The van der Waals surface area contributed by atoms with Gasteiger partial charge < -0.3 is 4.42 Å². The number of furan rings is 1. The summed E-state index contributed by atoms with van der Waals surface area (Å²) in [4.78, 5) is 1.40. The molecule has 0 bridgehead atoms. The largest absolute Gasteiger partial charge is 0.455 e. The molecule has 5 rings (SSSR count). The monoisotopic (exact) mass is 418 g/mol. The lowest BCUT2D eigenvalue weighted by molar-refractivity contribution is 0.444. The molecule has 0 unspecified atom stereocenters. The van der Waals surface area contributed by atoms with Gasteiger partial charge >= 0.3 is 0 Å². The third kappa shape index (κ3) is 3.61. The molecular weight excluding hydrogens is 395 g/mol. The highest BCUT2D eigenvalue weighted by molar-refractivity contribution is 7.85. The Labute approximate surface area is 178 Å². The van der Waals surface area contributed by atoms with Crippen molar-refractivity contribution in [3.63, 3.8) is 0 Å². The van der Waals surface area contributed by atoms with Crippen LogP contribution in [0.15, 0.2) is 87.0 Å². The highest BCUT2D eigenvalue weighted by Gasteiger charge is 2.24. The quantitative estimate of drug-likeness (QED) is 0.344. The van der Waals surface area contributed by atoms with Gasteiger partial charge in [0.2, 0.25) is 0 Å². The van der Waals surface area contributed by atoms with Crippen LogP contribution in [0.1, 0.15) is 43.6 Å². The Kier molecular flexibility index (Phi) is 5.26. The second kappa shape index (κ2) is 8.19. The first-order chi connectivity index (χ1) is 14.7. The zero-order valence-corrected chi connectivity index (χ0v) is 17.5. The molecule has 2 nitrogen and oxygen atoms in total. The lowest BCUT2D eigenvalue weighted by atomic mass is 9.84. The molecule has 4 heteroatoms. The van der Waals surface area contributed by atoms with Gasteiger partial charge in [-0.05, 0) is 72.9 Å². The van der Waals surface area contributed by atoms with E-state index in [1.807, 2.05) is 36.4 Å². The first-order valence-electron chi connectivity index (χ1n) is 10.5. The Balaban J connectivity index is 1.70. The first-order valence-corrected chi connectivity index (χ1v) is 11.6. The number of hydrogen-bond acceptors (Lipinski definition) is 2. The van der Waals surface area contributed by atoms with Crippen LogP contribution in [-0.2, 0) is 10.8 Å². The zero-order chi connectivity index (χ0) is 20.5. The molecule has 0 saturated heterocycles. The first kappa shape index (κ1) is 19.3. The minimum absolute atomic E-state index is 0.305. The van der Waals surface area contributed by atoms with Crippen molar-refractivity contribution in [1.29, 1.82) is 0 Å². The number of benzene rings is 3. The fourth-order valence-corrected chi connectivity index (χ4v) is 5.75. The van der Waals surface area contributed by atoms with Crippen molar-refractivity contribution in [3.8, 4) is 11.3 Å².